The summed E-state index contributed by atoms with van der Waals surface area (Å²) < 4.78 is 0. The third kappa shape index (κ3) is 1.88. The second-order valence-corrected chi connectivity index (χ2v) is 3.75. The summed E-state index contributed by atoms with van der Waals surface area (Å²) in [5.74, 6) is 0.212. The lowest BCUT2D eigenvalue weighted by Gasteiger charge is -2.31. The number of nitriles is 1. The highest BCUT2D eigenvalue weighted by atomic mass is 15.1. The fourth-order valence-electron chi connectivity index (χ4n) is 1.96. The summed E-state index contributed by atoms with van der Waals surface area (Å²) in [7, 11) is 0. The minimum absolute atomic E-state index is 0.212. The molecule has 1 aliphatic rings. The van der Waals surface area contributed by atoms with Crippen molar-refractivity contribution < 1.29 is 0 Å². The number of piperidine rings is 1. The highest BCUT2D eigenvalue weighted by Gasteiger charge is 2.19. The Balaban J connectivity index is 2.09. The molecule has 0 spiro atoms. The Hall–Kier alpha value is -1.49. The van der Waals surface area contributed by atoms with Crippen LogP contribution in [0.4, 0.5) is 5.69 Å². The van der Waals surface area contributed by atoms with Crippen LogP contribution in [0.25, 0.3) is 0 Å². The number of hydrogen-bond acceptors (Lipinski definition) is 2. The number of para-hydroxylation sites is 1. The molecule has 1 aromatic rings. The van der Waals surface area contributed by atoms with Gasteiger partial charge in [-0.3, -0.25) is 0 Å². The van der Waals surface area contributed by atoms with Crippen molar-refractivity contribution in [2.24, 2.45) is 5.92 Å². The van der Waals surface area contributed by atoms with E-state index >= 15 is 0 Å². The first-order valence-corrected chi connectivity index (χ1v) is 5.10. The van der Waals surface area contributed by atoms with Crippen molar-refractivity contribution in [2.75, 3.05) is 18.0 Å². The van der Waals surface area contributed by atoms with Gasteiger partial charge in [0.2, 0.25) is 0 Å². The summed E-state index contributed by atoms with van der Waals surface area (Å²) in [5, 5.41) is 8.88. The van der Waals surface area contributed by atoms with Crippen molar-refractivity contribution in [1.29, 1.82) is 5.26 Å². The Kier molecular flexibility index (Phi) is 2.69. The first kappa shape index (κ1) is 9.08. The van der Waals surface area contributed by atoms with Crippen LogP contribution in [0.5, 0.6) is 0 Å². The smallest absolute Gasteiger partial charge is 0.0674 e. The standard InChI is InChI=1S/C12H14N2/c13-9-11-5-4-8-14(10-11)12-6-2-1-3-7-12/h1-3,6-7,11H,4-5,8,10H2. The normalized spacial score (nSPS) is 21.6. The van der Waals surface area contributed by atoms with Crippen molar-refractivity contribution in [3.8, 4) is 6.07 Å². The van der Waals surface area contributed by atoms with Crippen molar-refractivity contribution >= 4 is 5.69 Å². The van der Waals surface area contributed by atoms with Crippen LogP contribution < -0.4 is 4.90 Å². The first-order valence-electron chi connectivity index (χ1n) is 5.10. The van der Waals surface area contributed by atoms with E-state index < -0.39 is 0 Å². The predicted octanol–water partition coefficient (Wildman–Crippen LogP) is 2.43. The van der Waals surface area contributed by atoms with Crippen molar-refractivity contribution in [2.45, 2.75) is 12.8 Å². The molecule has 1 unspecified atom stereocenters. The Bertz CT molecular complexity index is 326. The molecule has 14 heavy (non-hydrogen) atoms. The minimum Gasteiger partial charge on any atom is -0.370 e. The number of rotatable bonds is 1. The maximum Gasteiger partial charge on any atom is 0.0674 e. The third-order valence-electron chi connectivity index (χ3n) is 2.73. The van der Waals surface area contributed by atoms with Crippen LogP contribution in [0.2, 0.25) is 0 Å². The largest absolute Gasteiger partial charge is 0.370 e. The van der Waals surface area contributed by atoms with Gasteiger partial charge in [-0.1, -0.05) is 18.2 Å². The zero-order valence-corrected chi connectivity index (χ0v) is 8.19. The molecule has 2 heteroatoms. The summed E-state index contributed by atoms with van der Waals surface area (Å²) >= 11 is 0. The van der Waals surface area contributed by atoms with Gasteiger partial charge in [0.1, 0.15) is 0 Å². The molecular formula is C12H14N2. The van der Waals surface area contributed by atoms with E-state index in [1.807, 2.05) is 18.2 Å². The van der Waals surface area contributed by atoms with Gasteiger partial charge in [0.25, 0.3) is 0 Å². The molecule has 2 nitrogen and oxygen atoms in total. The number of benzene rings is 1. The zero-order valence-electron chi connectivity index (χ0n) is 8.19. The third-order valence-corrected chi connectivity index (χ3v) is 2.73. The van der Waals surface area contributed by atoms with E-state index in [2.05, 4.69) is 23.1 Å². The molecule has 2 rings (SSSR count). The fraction of sp³-hybridized carbons (Fsp3) is 0.417. The van der Waals surface area contributed by atoms with Gasteiger partial charge in [-0.25, -0.2) is 0 Å². The summed E-state index contributed by atoms with van der Waals surface area (Å²) in [6, 6.07) is 12.7. The van der Waals surface area contributed by atoms with Gasteiger partial charge in [0.15, 0.2) is 0 Å². The van der Waals surface area contributed by atoms with Crippen LogP contribution in [0.1, 0.15) is 12.8 Å². The lowest BCUT2D eigenvalue weighted by molar-refractivity contribution is 0.493. The van der Waals surface area contributed by atoms with Crippen LogP contribution >= 0.6 is 0 Å². The lowest BCUT2D eigenvalue weighted by atomic mass is 9.99. The predicted molar refractivity (Wildman–Crippen MR) is 57.0 cm³/mol. The second kappa shape index (κ2) is 4.15. The molecule has 0 radical (unpaired) electrons. The molecule has 1 saturated heterocycles. The number of nitrogens with zero attached hydrogens (tertiary/aromatic N) is 2. The summed E-state index contributed by atoms with van der Waals surface area (Å²) in [4.78, 5) is 2.30. The average molecular weight is 186 g/mol. The topological polar surface area (TPSA) is 27.0 Å². The van der Waals surface area contributed by atoms with E-state index in [0.717, 1.165) is 25.9 Å². The van der Waals surface area contributed by atoms with E-state index in [9.17, 15) is 0 Å². The summed E-state index contributed by atoms with van der Waals surface area (Å²) in [6.45, 7) is 1.97. The quantitative estimate of drug-likeness (QED) is 0.673. The van der Waals surface area contributed by atoms with Crippen LogP contribution in [0.15, 0.2) is 30.3 Å². The monoisotopic (exact) mass is 186 g/mol. The molecular weight excluding hydrogens is 172 g/mol. The summed E-state index contributed by atoms with van der Waals surface area (Å²) in [5.41, 5.74) is 1.24. The molecule has 1 aromatic carbocycles. The molecule has 1 aliphatic heterocycles. The Morgan fingerprint density at radius 2 is 2.07 bits per heavy atom. The molecule has 0 aromatic heterocycles. The molecule has 0 bridgehead atoms. The van der Waals surface area contributed by atoms with Crippen LogP contribution in [0.3, 0.4) is 0 Å². The fourth-order valence-corrected chi connectivity index (χ4v) is 1.96. The Labute approximate surface area is 84.8 Å². The highest BCUT2D eigenvalue weighted by Crippen LogP contribution is 2.22. The van der Waals surface area contributed by atoms with Crippen molar-refractivity contribution in [3.05, 3.63) is 30.3 Å². The number of hydrogen-bond donors (Lipinski definition) is 0. The average Bonchev–Trinajstić information content (AvgIpc) is 2.30. The van der Waals surface area contributed by atoms with E-state index in [1.54, 1.807) is 0 Å². The van der Waals surface area contributed by atoms with Crippen molar-refractivity contribution in [1.82, 2.24) is 0 Å². The van der Waals surface area contributed by atoms with Crippen LogP contribution in [0, 0.1) is 17.2 Å². The second-order valence-electron chi connectivity index (χ2n) is 3.75. The maximum absolute atomic E-state index is 8.88. The number of anilines is 1. The maximum atomic E-state index is 8.88. The zero-order chi connectivity index (χ0) is 9.80. The van der Waals surface area contributed by atoms with Gasteiger partial charge in [0.05, 0.1) is 12.0 Å². The Morgan fingerprint density at radius 1 is 1.29 bits per heavy atom. The minimum atomic E-state index is 0.212. The van der Waals surface area contributed by atoms with Gasteiger partial charge >= 0.3 is 0 Å². The molecule has 0 saturated carbocycles. The van der Waals surface area contributed by atoms with Crippen LogP contribution in [-0.4, -0.2) is 13.1 Å². The Morgan fingerprint density at radius 3 is 2.79 bits per heavy atom. The molecule has 1 atom stereocenters. The van der Waals surface area contributed by atoms with Gasteiger partial charge in [-0.15, -0.1) is 0 Å². The highest BCUT2D eigenvalue weighted by molar-refractivity contribution is 5.46. The lowest BCUT2D eigenvalue weighted by Crippen LogP contribution is -2.34. The SMILES string of the molecule is N#CC1CCCN(c2ccccc2)C1. The molecule has 72 valence electrons. The van der Waals surface area contributed by atoms with Gasteiger partial charge in [-0.05, 0) is 25.0 Å². The van der Waals surface area contributed by atoms with Gasteiger partial charge in [-0.2, -0.15) is 5.26 Å². The first-order chi connectivity index (χ1) is 6.90. The van der Waals surface area contributed by atoms with Gasteiger partial charge in [0, 0.05) is 18.8 Å². The molecule has 1 fully saturated rings. The van der Waals surface area contributed by atoms with Crippen molar-refractivity contribution in [3.63, 3.8) is 0 Å². The summed E-state index contributed by atoms with van der Waals surface area (Å²) in [6.07, 6.45) is 2.19. The van der Waals surface area contributed by atoms with E-state index in [1.165, 1.54) is 5.69 Å². The van der Waals surface area contributed by atoms with E-state index in [-0.39, 0.29) is 5.92 Å². The van der Waals surface area contributed by atoms with Crippen LogP contribution in [-0.2, 0) is 0 Å². The van der Waals surface area contributed by atoms with E-state index in [0.29, 0.717) is 0 Å². The molecule has 1 heterocycles. The molecule has 0 amide bonds. The van der Waals surface area contributed by atoms with Gasteiger partial charge < -0.3 is 4.90 Å². The van der Waals surface area contributed by atoms with E-state index in [4.69, 9.17) is 5.26 Å². The molecule has 0 N–H and O–H groups in total. The molecule has 0 aliphatic carbocycles.